The van der Waals surface area contributed by atoms with E-state index in [0.29, 0.717) is 31.6 Å². The van der Waals surface area contributed by atoms with E-state index in [4.69, 9.17) is 5.73 Å². The second-order valence-corrected chi connectivity index (χ2v) is 8.25. The molecule has 2 aliphatic heterocycles. The van der Waals surface area contributed by atoms with Gasteiger partial charge in [-0.3, -0.25) is 9.59 Å². The summed E-state index contributed by atoms with van der Waals surface area (Å²) in [5, 5.41) is 0. The molecule has 2 heterocycles. The van der Waals surface area contributed by atoms with Crippen molar-refractivity contribution in [1.29, 1.82) is 0 Å². The Hall–Kier alpha value is -2.09. The number of fused-ring (bicyclic) bond motifs is 1. The van der Waals surface area contributed by atoms with Gasteiger partial charge in [0.2, 0.25) is 11.8 Å². The smallest absolute Gasteiger partial charge is 0.225 e. The van der Waals surface area contributed by atoms with E-state index in [2.05, 4.69) is 0 Å². The molecule has 2 saturated heterocycles. The monoisotopic (exact) mass is 395 g/mol. The van der Waals surface area contributed by atoms with Crippen molar-refractivity contribution in [1.82, 2.24) is 9.80 Å². The van der Waals surface area contributed by atoms with E-state index >= 15 is 0 Å². The van der Waals surface area contributed by atoms with Crippen molar-refractivity contribution in [2.24, 2.45) is 17.6 Å². The van der Waals surface area contributed by atoms with Crippen molar-refractivity contribution in [3.05, 3.63) is 35.1 Å². The summed E-state index contributed by atoms with van der Waals surface area (Å²) in [6.45, 7) is 1.90. The van der Waals surface area contributed by atoms with E-state index in [0.717, 1.165) is 25.3 Å². The SMILES string of the molecule is N[C@@H](CC(=O)N1CC[C@@H]2CN(C(=O)C3CC3)CC21)Cc1cc(F)c(F)cc1F. The van der Waals surface area contributed by atoms with Crippen LogP contribution in [0, 0.1) is 29.3 Å². The van der Waals surface area contributed by atoms with Gasteiger partial charge in [-0.1, -0.05) is 0 Å². The summed E-state index contributed by atoms with van der Waals surface area (Å²) < 4.78 is 40.2. The molecule has 1 saturated carbocycles. The van der Waals surface area contributed by atoms with Gasteiger partial charge >= 0.3 is 0 Å². The highest BCUT2D eigenvalue weighted by Gasteiger charge is 2.46. The van der Waals surface area contributed by atoms with Gasteiger partial charge in [0, 0.05) is 50.0 Å². The molecule has 1 unspecified atom stereocenters. The summed E-state index contributed by atoms with van der Waals surface area (Å²) in [6.07, 6.45) is 2.73. The predicted molar refractivity (Wildman–Crippen MR) is 95.5 cm³/mol. The number of rotatable bonds is 5. The van der Waals surface area contributed by atoms with Crippen molar-refractivity contribution in [3.8, 4) is 0 Å². The predicted octanol–water partition coefficient (Wildman–Crippen LogP) is 1.83. The average Bonchev–Trinajstić information content (AvgIpc) is 3.27. The Morgan fingerprint density at radius 1 is 1.07 bits per heavy atom. The van der Waals surface area contributed by atoms with Crippen LogP contribution < -0.4 is 5.73 Å². The van der Waals surface area contributed by atoms with Gasteiger partial charge < -0.3 is 15.5 Å². The Morgan fingerprint density at radius 3 is 2.50 bits per heavy atom. The largest absolute Gasteiger partial charge is 0.340 e. The van der Waals surface area contributed by atoms with Gasteiger partial charge in [0.1, 0.15) is 5.82 Å². The molecule has 5 nitrogen and oxygen atoms in total. The van der Waals surface area contributed by atoms with Gasteiger partial charge in [-0.25, -0.2) is 13.2 Å². The van der Waals surface area contributed by atoms with E-state index in [1.165, 1.54) is 0 Å². The number of benzene rings is 1. The first-order valence-electron chi connectivity index (χ1n) is 9.80. The first-order chi connectivity index (χ1) is 13.3. The van der Waals surface area contributed by atoms with E-state index in [-0.39, 0.29) is 42.2 Å². The molecule has 3 atom stereocenters. The van der Waals surface area contributed by atoms with E-state index < -0.39 is 23.5 Å². The lowest BCUT2D eigenvalue weighted by Crippen LogP contribution is -2.43. The van der Waals surface area contributed by atoms with Crippen molar-refractivity contribution in [2.45, 2.75) is 44.2 Å². The lowest BCUT2D eigenvalue weighted by Gasteiger charge is -2.26. The standard InChI is InChI=1S/C20H24F3N3O2/c21-15-8-17(23)16(22)6-13(15)5-14(24)7-19(27)26-4-3-12-9-25(10-18(12)26)20(28)11-1-2-11/h6,8,11-12,14,18H,1-5,7,9-10,24H2/t12-,14-,18?/m1/s1. The fourth-order valence-corrected chi connectivity index (χ4v) is 4.46. The maximum Gasteiger partial charge on any atom is 0.225 e. The van der Waals surface area contributed by atoms with Crippen molar-refractivity contribution < 1.29 is 22.8 Å². The van der Waals surface area contributed by atoms with Crippen LogP contribution in [-0.2, 0) is 16.0 Å². The minimum atomic E-state index is -1.25. The number of nitrogens with zero attached hydrogens (tertiary/aromatic N) is 2. The van der Waals surface area contributed by atoms with Gasteiger partial charge in [0.15, 0.2) is 11.6 Å². The zero-order chi connectivity index (χ0) is 20.0. The fraction of sp³-hybridized carbons (Fsp3) is 0.600. The molecule has 152 valence electrons. The van der Waals surface area contributed by atoms with E-state index in [1.807, 2.05) is 4.90 Å². The molecular formula is C20H24F3N3O2. The zero-order valence-corrected chi connectivity index (χ0v) is 15.5. The summed E-state index contributed by atoms with van der Waals surface area (Å²) in [6, 6.07) is 0.604. The molecule has 3 aliphatic rings. The Bertz CT molecular complexity index is 799. The number of amides is 2. The Balaban J connectivity index is 1.34. The normalized spacial score (nSPS) is 25.1. The molecule has 28 heavy (non-hydrogen) atoms. The summed E-state index contributed by atoms with van der Waals surface area (Å²) in [7, 11) is 0. The molecule has 1 aromatic carbocycles. The topological polar surface area (TPSA) is 66.6 Å². The van der Waals surface area contributed by atoms with Crippen LogP contribution in [0.5, 0.6) is 0 Å². The molecule has 1 aliphatic carbocycles. The summed E-state index contributed by atoms with van der Waals surface area (Å²) in [5.41, 5.74) is 5.96. The highest BCUT2D eigenvalue weighted by atomic mass is 19.2. The highest BCUT2D eigenvalue weighted by molar-refractivity contribution is 5.82. The van der Waals surface area contributed by atoms with Gasteiger partial charge in [0.25, 0.3) is 0 Å². The molecule has 3 fully saturated rings. The molecule has 0 spiro atoms. The fourth-order valence-electron chi connectivity index (χ4n) is 4.46. The first kappa shape index (κ1) is 19.2. The lowest BCUT2D eigenvalue weighted by molar-refractivity contribution is -0.135. The number of carbonyl (C=O) groups excluding carboxylic acids is 2. The second-order valence-electron chi connectivity index (χ2n) is 8.25. The van der Waals surface area contributed by atoms with Crippen molar-refractivity contribution in [2.75, 3.05) is 19.6 Å². The Labute approximate surface area is 161 Å². The van der Waals surface area contributed by atoms with E-state index in [9.17, 15) is 22.8 Å². The summed E-state index contributed by atoms with van der Waals surface area (Å²) in [4.78, 5) is 28.7. The molecule has 1 aromatic rings. The summed E-state index contributed by atoms with van der Waals surface area (Å²) >= 11 is 0. The Morgan fingerprint density at radius 2 is 1.79 bits per heavy atom. The minimum absolute atomic E-state index is 0.00176. The Kier molecular flexibility index (Phi) is 5.07. The second kappa shape index (κ2) is 7.39. The average molecular weight is 395 g/mol. The van der Waals surface area contributed by atoms with Crippen LogP contribution in [0.25, 0.3) is 0 Å². The minimum Gasteiger partial charge on any atom is -0.340 e. The zero-order valence-electron chi connectivity index (χ0n) is 15.5. The quantitative estimate of drug-likeness (QED) is 0.774. The van der Waals surface area contributed by atoms with Crippen LogP contribution in [0.4, 0.5) is 13.2 Å². The van der Waals surface area contributed by atoms with Crippen LogP contribution in [0.3, 0.4) is 0 Å². The van der Waals surface area contributed by atoms with Crippen LogP contribution in [0.15, 0.2) is 12.1 Å². The third-order valence-electron chi connectivity index (χ3n) is 6.11. The maximum absolute atomic E-state index is 13.8. The van der Waals surface area contributed by atoms with Crippen molar-refractivity contribution >= 4 is 11.8 Å². The van der Waals surface area contributed by atoms with Crippen LogP contribution >= 0.6 is 0 Å². The number of carbonyl (C=O) groups is 2. The van der Waals surface area contributed by atoms with Gasteiger partial charge in [-0.15, -0.1) is 0 Å². The molecule has 0 aromatic heterocycles. The third-order valence-corrected chi connectivity index (χ3v) is 6.11. The maximum atomic E-state index is 13.8. The highest BCUT2D eigenvalue weighted by Crippen LogP contribution is 2.37. The van der Waals surface area contributed by atoms with Crippen LogP contribution in [0.1, 0.15) is 31.2 Å². The number of nitrogens with two attached hydrogens (primary N) is 1. The molecule has 2 N–H and O–H groups in total. The van der Waals surface area contributed by atoms with Gasteiger partial charge in [0.05, 0.1) is 6.04 Å². The van der Waals surface area contributed by atoms with E-state index in [1.54, 1.807) is 4.90 Å². The van der Waals surface area contributed by atoms with Crippen LogP contribution in [0.2, 0.25) is 0 Å². The number of hydrogen-bond acceptors (Lipinski definition) is 3. The summed E-state index contributed by atoms with van der Waals surface area (Å²) in [5.74, 6) is -2.72. The van der Waals surface area contributed by atoms with Gasteiger partial charge in [-0.2, -0.15) is 0 Å². The molecule has 0 bridgehead atoms. The number of likely N-dealkylation sites (tertiary alicyclic amines) is 2. The molecule has 2 amide bonds. The number of hydrogen-bond donors (Lipinski definition) is 1. The van der Waals surface area contributed by atoms with Crippen molar-refractivity contribution in [3.63, 3.8) is 0 Å². The first-order valence-corrected chi connectivity index (χ1v) is 9.80. The molecule has 8 heteroatoms. The lowest BCUT2D eigenvalue weighted by atomic mass is 10.0. The molecular weight excluding hydrogens is 371 g/mol. The van der Waals surface area contributed by atoms with Crippen LogP contribution in [-0.4, -0.2) is 53.3 Å². The molecule has 0 radical (unpaired) electrons. The third kappa shape index (κ3) is 3.74. The van der Waals surface area contributed by atoms with Gasteiger partial charge in [-0.05, 0) is 37.3 Å². The number of halogens is 3. The molecule has 4 rings (SSSR count).